The van der Waals surface area contributed by atoms with Crippen LogP contribution in [-0.2, 0) is 14.8 Å². The summed E-state index contributed by atoms with van der Waals surface area (Å²) in [6.45, 7) is 2.28. The normalized spacial score (nSPS) is 11.5. The molecule has 5 nitrogen and oxygen atoms in total. The van der Waals surface area contributed by atoms with Crippen LogP contribution in [0.1, 0.15) is 135 Å². The van der Waals surface area contributed by atoms with Gasteiger partial charge in [-0.1, -0.05) is 141 Å². The van der Waals surface area contributed by atoms with E-state index in [0.717, 1.165) is 12.8 Å². The average molecular weight is 585 g/mol. The summed E-state index contributed by atoms with van der Waals surface area (Å²) in [5.74, 6) is -0.0195. The number of nitrogens with one attached hydrogen (secondary N) is 1. The van der Waals surface area contributed by atoms with Crippen LogP contribution in [0.3, 0.4) is 0 Å². The maximum absolute atomic E-state index is 12.9. The van der Waals surface area contributed by atoms with E-state index < -0.39 is 10.0 Å². The lowest BCUT2D eigenvalue weighted by atomic mass is 10.0. The molecule has 6 heteroatoms. The Balaban J connectivity index is 1.44. The van der Waals surface area contributed by atoms with Gasteiger partial charge in [0.1, 0.15) is 0 Å². The number of benzene rings is 2. The molecule has 41 heavy (non-hydrogen) atoms. The van der Waals surface area contributed by atoms with Crippen LogP contribution in [0.25, 0.3) is 0 Å². The van der Waals surface area contributed by atoms with E-state index in [1.54, 1.807) is 55.6 Å². The van der Waals surface area contributed by atoms with Gasteiger partial charge in [0.05, 0.1) is 10.6 Å². The van der Waals surface area contributed by atoms with Crippen molar-refractivity contribution in [2.45, 2.75) is 140 Å². The van der Waals surface area contributed by atoms with Crippen LogP contribution >= 0.6 is 0 Å². The third-order valence-corrected chi connectivity index (χ3v) is 9.72. The molecular formula is C35H56N2O3S. The highest BCUT2D eigenvalue weighted by Crippen LogP contribution is 2.23. The smallest absolute Gasteiger partial charge is 0.264 e. The van der Waals surface area contributed by atoms with Gasteiger partial charge < -0.3 is 5.32 Å². The van der Waals surface area contributed by atoms with Crippen molar-refractivity contribution in [3.8, 4) is 0 Å². The lowest BCUT2D eigenvalue weighted by molar-refractivity contribution is -0.116. The van der Waals surface area contributed by atoms with Gasteiger partial charge in [0.25, 0.3) is 10.0 Å². The first-order chi connectivity index (χ1) is 19.9. The number of rotatable bonds is 24. The fraction of sp³-hybridized carbons (Fsp3) is 0.629. The highest BCUT2D eigenvalue weighted by Gasteiger charge is 2.21. The second-order valence-electron chi connectivity index (χ2n) is 11.5. The first-order valence-electron chi connectivity index (χ1n) is 16.4. The molecule has 0 saturated carbocycles. The Labute approximate surface area is 251 Å². The predicted octanol–water partition coefficient (Wildman–Crippen LogP) is 10.3. The standard InChI is InChI=1S/C35H56N2O3S/c1-3-4-5-6-7-8-9-10-11-12-13-14-15-16-17-18-19-20-24-27-35(38)36-32-28-30-34(31-29-32)41(39,40)37(2)33-25-22-21-23-26-33/h21-23,25-26,28-31H,3-20,24,27H2,1-2H3,(H,36,38). The van der Waals surface area contributed by atoms with Crippen LogP contribution in [0, 0.1) is 0 Å². The van der Waals surface area contributed by atoms with Gasteiger partial charge in [0, 0.05) is 19.2 Å². The number of unbranched alkanes of at least 4 members (excludes halogenated alkanes) is 18. The Morgan fingerprint density at radius 1 is 0.610 bits per heavy atom. The van der Waals surface area contributed by atoms with E-state index in [1.807, 2.05) is 6.07 Å². The third kappa shape index (κ3) is 14.9. The zero-order valence-corrected chi connectivity index (χ0v) is 26.7. The van der Waals surface area contributed by atoms with Crippen LogP contribution in [-0.4, -0.2) is 21.4 Å². The Kier molecular flexibility index (Phi) is 18.2. The van der Waals surface area contributed by atoms with E-state index >= 15 is 0 Å². The molecule has 2 rings (SSSR count). The molecule has 2 aromatic carbocycles. The van der Waals surface area contributed by atoms with Gasteiger partial charge in [-0.3, -0.25) is 9.10 Å². The molecule has 0 fully saturated rings. The van der Waals surface area contributed by atoms with Crippen molar-refractivity contribution >= 4 is 27.3 Å². The first-order valence-corrected chi connectivity index (χ1v) is 17.8. The fourth-order valence-electron chi connectivity index (χ4n) is 5.23. The molecule has 0 bridgehead atoms. The molecule has 0 radical (unpaired) electrons. The summed E-state index contributed by atoms with van der Waals surface area (Å²) in [5, 5.41) is 2.89. The van der Waals surface area contributed by atoms with Crippen molar-refractivity contribution in [2.24, 2.45) is 0 Å². The monoisotopic (exact) mass is 584 g/mol. The average Bonchev–Trinajstić information content (AvgIpc) is 2.98. The van der Waals surface area contributed by atoms with Crippen molar-refractivity contribution in [3.63, 3.8) is 0 Å². The molecule has 0 spiro atoms. The van der Waals surface area contributed by atoms with E-state index in [4.69, 9.17) is 0 Å². The number of para-hydroxylation sites is 1. The molecular weight excluding hydrogens is 528 g/mol. The van der Waals surface area contributed by atoms with Crippen LogP contribution < -0.4 is 9.62 Å². The minimum Gasteiger partial charge on any atom is -0.326 e. The minimum absolute atomic E-state index is 0.0195. The van der Waals surface area contributed by atoms with E-state index in [1.165, 1.54) is 113 Å². The number of anilines is 2. The van der Waals surface area contributed by atoms with Gasteiger partial charge in [0.2, 0.25) is 5.91 Å². The predicted molar refractivity (Wildman–Crippen MR) is 175 cm³/mol. The number of hydrogen-bond acceptors (Lipinski definition) is 3. The summed E-state index contributed by atoms with van der Waals surface area (Å²) in [6, 6.07) is 15.4. The number of sulfonamides is 1. The zero-order valence-electron chi connectivity index (χ0n) is 25.9. The quantitative estimate of drug-likeness (QED) is 0.125. The van der Waals surface area contributed by atoms with Gasteiger partial charge in [-0.05, 0) is 42.8 Å². The molecule has 0 aliphatic carbocycles. The Hall–Kier alpha value is -2.34. The minimum atomic E-state index is -3.66. The Morgan fingerprint density at radius 3 is 1.46 bits per heavy atom. The van der Waals surface area contributed by atoms with Crippen LogP contribution in [0.2, 0.25) is 0 Å². The molecule has 2 aromatic rings. The summed E-state index contributed by atoms with van der Waals surface area (Å²) in [7, 11) is -2.12. The van der Waals surface area contributed by atoms with Crippen molar-refractivity contribution < 1.29 is 13.2 Å². The highest BCUT2D eigenvalue weighted by atomic mass is 32.2. The summed E-state index contributed by atoms with van der Waals surface area (Å²) < 4.78 is 27.1. The molecule has 230 valence electrons. The van der Waals surface area contributed by atoms with E-state index in [0.29, 0.717) is 17.8 Å². The molecule has 0 heterocycles. The Bertz CT molecular complexity index is 1040. The highest BCUT2D eigenvalue weighted by molar-refractivity contribution is 7.92. The second kappa shape index (κ2) is 21.4. The molecule has 1 N–H and O–H groups in total. The molecule has 0 aliphatic heterocycles. The van der Waals surface area contributed by atoms with Gasteiger partial charge in [-0.2, -0.15) is 0 Å². The zero-order chi connectivity index (χ0) is 29.6. The molecule has 0 unspecified atom stereocenters. The van der Waals surface area contributed by atoms with Gasteiger partial charge in [0.15, 0.2) is 0 Å². The number of carbonyl (C=O) groups is 1. The SMILES string of the molecule is CCCCCCCCCCCCCCCCCCCCCC(=O)Nc1ccc(S(=O)(=O)N(C)c2ccccc2)cc1. The number of hydrogen-bond donors (Lipinski definition) is 1. The summed E-state index contributed by atoms with van der Waals surface area (Å²) in [4.78, 5) is 12.5. The van der Waals surface area contributed by atoms with Gasteiger partial charge in [-0.25, -0.2) is 8.42 Å². The van der Waals surface area contributed by atoms with Gasteiger partial charge >= 0.3 is 0 Å². The van der Waals surface area contributed by atoms with Crippen LogP contribution in [0.4, 0.5) is 11.4 Å². The number of amides is 1. The Morgan fingerprint density at radius 2 is 1.02 bits per heavy atom. The summed E-state index contributed by atoms with van der Waals surface area (Å²) in [6.07, 6.45) is 25.9. The topological polar surface area (TPSA) is 66.5 Å². The molecule has 0 atom stereocenters. The second-order valence-corrected chi connectivity index (χ2v) is 13.5. The van der Waals surface area contributed by atoms with Gasteiger partial charge in [-0.15, -0.1) is 0 Å². The maximum Gasteiger partial charge on any atom is 0.264 e. The van der Waals surface area contributed by atoms with Crippen LogP contribution in [0.15, 0.2) is 59.5 Å². The van der Waals surface area contributed by atoms with Crippen molar-refractivity contribution in [1.82, 2.24) is 0 Å². The third-order valence-electron chi connectivity index (χ3n) is 7.92. The lowest BCUT2D eigenvalue weighted by Gasteiger charge is -2.19. The largest absolute Gasteiger partial charge is 0.326 e. The van der Waals surface area contributed by atoms with E-state index in [9.17, 15) is 13.2 Å². The first kappa shape index (κ1) is 34.9. The maximum atomic E-state index is 12.9. The molecule has 1 amide bonds. The summed E-state index contributed by atoms with van der Waals surface area (Å²) >= 11 is 0. The molecule has 0 saturated heterocycles. The van der Waals surface area contributed by atoms with Crippen molar-refractivity contribution in [3.05, 3.63) is 54.6 Å². The molecule has 0 aromatic heterocycles. The molecule has 0 aliphatic rings. The fourth-order valence-corrected chi connectivity index (χ4v) is 6.43. The van der Waals surface area contributed by atoms with E-state index in [-0.39, 0.29) is 10.8 Å². The van der Waals surface area contributed by atoms with Crippen molar-refractivity contribution in [1.29, 1.82) is 0 Å². The number of carbonyl (C=O) groups excluding carboxylic acids is 1. The lowest BCUT2D eigenvalue weighted by Crippen LogP contribution is -2.26. The van der Waals surface area contributed by atoms with Crippen LogP contribution in [0.5, 0.6) is 0 Å². The summed E-state index contributed by atoms with van der Waals surface area (Å²) in [5.41, 5.74) is 1.22. The van der Waals surface area contributed by atoms with Crippen molar-refractivity contribution in [2.75, 3.05) is 16.7 Å². The van der Waals surface area contributed by atoms with E-state index in [2.05, 4.69) is 12.2 Å². The number of nitrogens with zero attached hydrogens (tertiary/aromatic N) is 1.